The van der Waals surface area contributed by atoms with Crippen LogP contribution in [0.1, 0.15) is 48.2 Å². The average Bonchev–Trinajstić information content (AvgIpc) is 2.59. The minimum atomic E-state index is 0.0808. The van der Waals surface area contributed by atoms with Crippen LogP contribution in [0, 0.1) is 0 Å². The van der Waals surface area contributed by atoms with Crippen LogP contribution in [0.4, 0.5) is 0 Å². The zero-order chi connectivity index (χ0) is 11.1. The Hall–Kier alpha value is -1.64. The summed E-state index contributed by atoms with van der Waals surface area (Å²) in [5, 5.41) is 8.53. The van der Waals surface area contributed by atoms with Crippen LogP contribution >= 0.6 is 0 Å². The van der Waals surface area contributed by atoms with Gasteiger partial charge in [0, 0.05) is 22.6 Å². The van der Waals surface area contributed by atoms with Crippen molar-refractivity contribution in [2.75, 3.05) is 0 Å². The topological polar surface area (TPSA) is 45.8 Å². The molecule has 0 saturated heterocycles. The molecule has 1 aromatic carbocycles. The molecule has 1 N–H and O–H groups in total. The van der Waals surface area contributed by atoms with Crippen molar-refractivity contribution in [1.82, 2.24) is 10.2 Å². The maximum atomic E-state index is 11.5. The Morgan fingerprint density at radius 1 is 1.44 bits per heavy atom. The molecule has 0 spiro atoms. The van der Waals surface area contributed by atoms with Crippen LogP contribution in [0.3, 0.4) is 0 Å². The summed E-state index contributed by atoms with van der Waals surface area (Å²) in [6.07, 6.45) is 3.78. The van der Waals surface area contributed by atoms with Gasteiger partial charge in [-0.3, -0.25) is 9.89 Å². The van der Waals surface area contributed by atoms with E-state index in [2.05, 4.69) is 16.3 Å². The number of nitrogens with zero attached hydrogens (tertiary/aromatic N) is 1. The molecule has 3 heteroatoms. The molecule has 0 radical (unpaired) electrons. The standard InChI is InChI=1S/C13H14N2O/c1-8(16)10-6-3-7-11-12(9-4-2-5-9)14-15-13(10)11/h3,6-7,9H,2,4-5H2,1H3,(H,14,15). The second-order valence-electron chi connectivity index (χ2n) is 4.52. The van der Waals surface area contributed by atoms with Crippen LogP contribution in [0.15, 0.2) is 18.2 Å². The summed E-state index contributed by atoms with van der Waals surface area (Å²) in [6.45, 7) is 1.59. The number of hydrogen-bond acceptors (Lipinski definition) is 2. The molecule has 1 aliphatic carbocycles. The van der Waals surface area contributed by atoms with Crippen molar-refractivity contribution in [2.45, 2.75) is 32.1 Å². The monoisotopic (exact) mass is 214 g/mol. The first-order valence-corrected chi connectivity index (χ1v) is 5.75. The quantitative estimate of drug-likeness (QED) is 0.781. The molecule has 3 rings (SSSR count). The fraction of sp³-hybridized carbons (Fsp3) is 0.385. The second-order valence-corrected chi connectivity index (χ2v) is 4.52. The molecule has 82 valence electrons. The van der Waals surface area contributed by atoms with Crippen LogP contribution in [0.25, 0.3) is 10.9 Å². The van der Waals surface area contributed by atoms with Gasteiger partial charge in [-0.2, -0.15) is 5.10 Å². The molecule has 1 aliphatic rings. The van der Waals surface area contributed by atoms with E-state index >= 15 is 0 Å². The van der Waals surface area contributed by atoms with Crippen LogP contribution in [0.5, 0.6) is 0 Å². The average molecular weight is 214 g/mol. The second kappa shape index (κ2) is 3.44. The third-order valence-electron chi connectivity index (χ3n) is 3.51. The highest BCUT2D eigenvalue weighted by Crippen LogP contribution is 2.38. The first kappa shape index (κ1) is 9.58. The van der Waals surface area contributed by atoms with Crippen molar-refractivity contribution in [1.29, 1.82) is 0 Å². The number of aromatic amines is 1. The summed E-state index contributed by atoms with van der Waals surface area (Å²) < 4.78 is 0. The molecule has 1 aromatic heterocycles. The first-order valence-electron chi connectivity index (χ1n) is 5.75. The minimum Gasteiger partial charge on any atom is -0.294 e. The minimum absolute atomic E-state index is 0.0808. The predicted molar refractivity (Wildman–Crippen MR) is 62.7 cm³/mol. The Kier molecular flexibility index (Phi) is 2.06. The van der Waals surface area contributed by atoms with Crippen molar-refractivity contribution in [3.8, 4) is 0 Å². The van der Waals surface area contributed by atoms with Gasteiger partial charge in [-0.05, 0) is 25.8 Å². The summed E-state index contributed by atoms with van der Waals surface area (Å²) >= 11 is 0. The first-order chi connectivity index (χ1) is 7.77. The summed E-state index contributed by atoms with van der Waals surface area (Å²) in [4.78, 5) is 11.5. The molecular weight excluding hydrogens is 200 g/mol. The molecule has 0 unspecified atom stereocenters. The number of ketones is 1. The van der Waals surface area contributed by atoms with Gasteiger partial charge in [0.05, 0.1) is 0 Å². The lowest BCUT2D eigenvalue weighted by Crippen LogP contribution is -2.09. The lowest BCUT2D eigenvalue weighted by atomic mass is 9.82. The Bertz CT molecular complexity index is 552. The number of H-pyrrole nitrogens is 1. The van der Waals surface area contributed by atoms with E-state index in [4.69, 9.17) is 0 Å². The SMILES string of the molecule is CC(=O)c1cccc2c(C3CCC3)[nH]nc12. The number of rotatable bonds is 2. The van der Waals surface area contributed by atoms with Crippen molar-refractivity contribution >= 4 is 16.7 Å². The zero-order valence-corrected chi connectivity index (χ0v) is 9.29. The lowest BCUT2D eigenvalue weighted by molar-refractivity contribution is 0.101. The number of nitrogens with one attached hydrogen (secondary N) is 1. The van der Waals surface area contributed by atoms with E-state index in [0.717, 1.165) is 16.5 Å². The Morgan fingerprint density at radius 2 is 2.25 bits per heavy atom. The highest BCUT2D eigenvalue weighted by molar-refractivity contribution is 6.06. The number of aromatic nitrogens is 2. The maximum Gasteiger partial charge on any atom is 0.162 e. The van der Waals surface area contributed by atoms with Gasteiger partial charge in [-0.25, -0.2) is 0 Å². The van der Waals surface area contributed by atoms with E-state index in [9.17, 15) is 4.79 Å². The Balaban J connectivity index is 2.19. The third kappa shape index (κ3) is 1.28. The molecule has 2 aromatic rings. The van der Waals surface area contributed by atoms with Gasteiger partial charge >= 0.3 is 0 Å². The summed E-state index contributed by atoms with van der Waals surface area (Å²) in [7, 11) is 0. The van der Waals surface area contributed by atoms with Crippen LogP contribution in [0.2, 0.25) is 0 Å². The zero-order valence-electron chi connectivity index (χ0n) is 9.29. The van der Waals surface area contributed by atoms with Gasteiger partial charge < -0.3 is 0 Å². The number of benzene rings is 1. The molecule has 0 aliphatic heterocycles. The van der Waals surface area contributed by atoms with Crippen LogP contribution < -0.4 is 0 Å². The van der Waals surface area contributed by atoms with Crippen molar-refractivity contribution < 1.29 is 4.79 Å². The van der Waals surface area contributed by atoms with E-state index in [0.29, 0.717) is 5.92 Å². The number of para-hydroxylation sites is 1. The molecule has 3 nitrogen and oxygen atoms in total. The van der Waals surface area contributed by atoms with Crippen LogP contribution in [-0.2, 0) is 0 Å². The number of Topliss-reactive ketones (excluding diaryl/α,β-unsaturated/α-hetero) is 1. The number of fused-ring (bicyclic) bond motifs is 1. The Morgan fingerprint density at radius 3 is 2.88 bits per heavy atom. The molecule has 0 bridgehead atoms. The van der Waals surface area contributed by atoms with Gasteiger partial charge in [0.2, 0.25) is 0 Å². The van der Waals surface area contributed by atoms with Gasteiger partial charge in [0.25, 0.3) is 0 Å². The van der Waals surface area contributed by atoms with Gasteiger partial charge in [-0.1, -0.05) is 18.6 Å². The fourth-order valence-electron chi connectivity index (χ4n) is 2.35. The molecule has 1 heterocycles. The molecular formula is C13H14N2O. The molecule has 0 amide bonds. The third-order valence-corrected chi connectivity index (χ3v) is 3.51. The molecule has 16 heavy (non-hydrogen) atoms. The molecule has 1 fully saturated rings. The van der Waals surface area contributed by atoms with E-state index in [1.165, 1.54) is 25.0 Å². The fourth-order valence-corrected chi connectivity index (χ4v) is 2.35. The largest absolute Gasteiger partial charge is 0.294 e. The normalized spacial score (nSPS) is 16.3. The molecule has 0 atom stereocenters. The van der Waals surface area contributed by atoms with E-state index in [1.807, 2.05) is 12.1 Å². The number of hydrogen-bond donors (Lipinski definition) is 1. The maximum absolute atomic E-state index is 11.5. The highest BCUT2D eigenvalue weighted by Gasteiger charge is 2.24. The van der Waals surface area contributed by atoms with Crippen molar-refractivity contribution in [3.63, 3.8) is 0 Å². The summed E-state index contributed by atoms with van der Waals surface area (Å²) in [6, 6.07) is 5.84. The van der Waals surface area contributed by atoms with Gasteiger partial charge in [0.15, 0.2) is 5.78 Å². The molecule has 1 saturated carbocycles. The smallest absolute Gasteiger partial charge is 0.162 e. The lowest BCUT2D eigenvalue weighted by Gasteiger charge is -2.24. The van der Waals surface area contributed by atoms with Crippen molar-refractivity contribution in [2.24, 2.45) is 0 Å². The highest BCUT2D eigenvalue weighted by atomic mass is 16.1. The summed E-state index contributed by atoms with van der Waals surface area (Å²) in [5.41, 5.74) is 2.76. The predicted octanol–water partition coefficient (Wildman–Crippen LogP) is 3.03. The van der Waals surface area contributed by atoms with Crippen LogP contribution in [-0.4, -0.2) is 16.0 Å². The van der Waals surface area contributed by atoms with Gasteiger partial charge in [-0.15, -0.1) is 0 Å². The van der Waals surface area contributed by atoms with E-state index in [-0.39, 0.29) is 5.78 Å². The number of carbonyl (C=O) groups is 1. The number of carbonyl (C=O) groups excluding carboxylic acids is 1. The van der Waals surface area contributed by atoms with Gasteiger partial charge in [0.1, 0.15) is 5.52 Å². The van der Waals surface area contributed by atoms with E-state index in [1.54, 1.807) is 6.92 Å². The Labute approximate surface area is 93.9 Å². The summed E-state index contributed by atoms with van der Waals surface area (Å²) in [5.74, 6) is 0.699. The van der Waals surface area contributed by atoms with E-state index < -0.39 is 0 Å². The van der Waals surface area contributed by atoms with Crippen molar-refractivity contribution in [3.05, 3.63) is 29.5 Å².